The Bertz CT molecular complexity index is 487. The molecule has 1 unspecified atom stereocenters. The summed E-state index contributed by atoms with van der Waals surface area (Å²) in [6.45, 7) is 3.08. The lowest BCUT2D eigenvalue weighted by atomic mass is 9.98. The molecule has 3 N–H and O–H groups in total. The van der Waals surface area contributed by atoms with E-state index >= 15 is 0 Å². The van der Waals surface area contributed by atoms with Crippen molar-refractivity contribution in [3.63, 3.8) is 0 Å². The van der Waals surface area contributed by atoms with E-state index in [2.05, 4.69) is 12.7 Å². The average Bonchev–Trinajstić information content (AvgIpc) is 2.50. The van der Waals surface area contributed by atoms with Crippen LogP contribution in [-0.4, -0.2) is 26.2 Å². The minimum Gasteiger partial charge on any atom is -0.496 e. The first-order valence-corrected chi connectivity index (χ1v) is 8.25. The van der Waals surface area contributed by atoms with Gasteiger partial charge in [-0.3, -0.25) is 0 Å². The highest BCUT2D eigenvalue weighted by Gasteiger charge is 2.20. The quantitative estimate of drug-likeness (QED) is 0.666. The van der Waals surface area contributed by atoms with E-state index in [1.165, 1.54) is 0 Å². The number of hydrogen-bond donors (Lipinski definition) is 1. The van der Waals surface area contributed by atoms with Crippen LogP contribution in [0.3, 0.4) is 0 Å². The lowest BCUT2D eigenvalue weighted by Crippen LogP contribution is -2.61. The molecule has 0 aromatic heterocycles. The van der Waals surface area contributed by atoms with Crippen LogP contribution in [0.1, 0.15) is 50.7 Å². The highest BCUT2D eigenvalue weighted by atomic mass is 19.3. The van der Waals surface area contributed by atoms with Gasteiger partial charge in [-0.15, -0.1) is 0 Å². The van der Waals surface area contributed by atoms with Gasteiger partial charge in [0.15, 0.2) is 0 Å². The van der Waals surface area contributed by atoms with Gasteiger partial charge >= 0.3 is 0 Å². The van der Waals surface area contributed by atoms with Crippen molar-refractivity contribution < 1.29 is 24.0 Å². The van der Waals surface area contributed by atoms with Crippen molar-refractivity contribution in [2.75, 3.05) is 14.2 Å². The minimum absolute atomic E-state index is 0.0791. The molecular formula is C18H30F2NO2+. The van der Waals surface area contributed by atoms with E-state index in [1.54, 1.807) is 14.2 Å². The molecule has 23 heavy (non-hydrogen) atoms. The molecule has 0 aliphatic rings. The van der Waals surface area contributed by atoms with Gasteiger partial charge in [0.25, 0.3) is 0 Å². The third kappa shape index (κ3) is 6.73. The highest BCUT2D eigenvalue weighted by molar-refractivity contribution is 5.47. The number of quaternary nitrogens is 1. The van der Waals surface area contributed by atoms with E-state index in [-0.39, 0.29) is 6.42 Å². The SMILES string of the molecule is CCC([NH3+])Cc1cc(OC)c(CCCCC(C)(F)F)cc1OC. The number of hydrogen-bond acceptors (Lipinski definition) is 2. The molecule has 0 amide bonds. The maximum Gasteiger partial charge on any atom is 0.245 e. The molecule has 0 spiro atoms. The summed E-state index contributed by atoms with van der Waals surface area (Å²) in [5.41, 5.74) is 6.20. The predicted molar refractivity (Wildman–Crippen MR) is 88.4 cm³/mol. The Labute approximate surface area is 138 Å². The number of ether oxygens (including phenoxy) is 2. The maximum atomic E-state index is 12.9. The molecule has 0 saturated carbocycles. The van der Waals surface area contributed by atoms with Crippen molar-refractivity contribution in [3.05, 3.63) is 23.3 Å². The third-order valence-electron chi connectivity index (χ3n) is 4.08. The first kappa shape index (κ1) is 19.7. The Morgan fingerprint density at radius 1 is 1.09 bits per heavy atom. The topological polar surface area (TPSA) is 46.1 Å². The van der Waals surface area contributed by atoms with Crippen LogP contribution in [-0.2, 0) is 12.8 Å². The second-order valence-corrected chi connectivity index (χ2v) is 6.23. The molecule has 0 fully saturated rings. The molecule has 1 atom stereocenters. The summed E-state index contributed by atoms with van der Waals surface area (Å²) in [7, 11) is 3.29. The average molecular weight is 330 g/mol. The number of unbranched alkanes of at least 4 members (excludes halogenated alkanes) is 1. The number of methoxy groups -OCH3 is 2. The van der Waals surface area contributed by atoms with Gasteiger partial charge in [-0.2, -0.15) is 0 Å². The van der Waals surface area contributed by atoms with Crippen molar-refractivity contribution in [2.45, 2.75) is 64.3 Å². The van der Waals surface area contributed by atoms with Crippen LogP contribution in [0.2, 0.25) is 0 Å². The Balaban J connectivity index is 2.82. The van der Waals surface area contributed by atoms with E-state index in [4.69, 9.17) is 9.47 Å². The van der Waals surface area contributed by atoms with E-state index in [0.29, 0.717) is 25.3 Å². The van der Waals surface area contributed by atoms with Crippen LogP contribution in [0.25, 0.3) is 0 Å². The molecule has 0 saturated heterocycles. The second-order valence-electron chi connectivity index (χ2n) is 6.23. The van der Waals surface area contributed by atoms with E-state index < -0.39 is 5.92 Å². The molecule has 1 rings (SSSR count). The molecule has 0 aliphatic carbocycles. The number of aryl methyl sites for hydroxylation is 1. The Morgan fingerprint density at radius 2 is 1.65 bits per heavy atom. The summed E-state index contributed by atoms with van der Waals surface area (Å²) in [5, 5.41) is 0. The fourth-order valence-corrected chi connectivity index (χ4v) is 2.59. The molecule has 3 nitrogen and oxygen atoms in total. The number of alkyl halides is 2. The van der Waals surface area contributed by atoms with Gasteiger partial charge in [0.1, 0.15) is 11.5 Å². The Kier molecular flexibility index (Phi) is 7.76. The minimum atomic E-state index is -2.59. The molecule has 132 valence electrons. The highest BCUT2D eigenvalue weighted by Crippen LogP contribution is 2.31. The van der Waals surface area contributed by atoms with Gasteiger partial charge in [-0.1, -0.05) is 6.92 Å². The second kappa shape index (κ2) is 9.06. The molecule has 0 radical (unpaired) electrons. The zero-order chi connectivity index (χ0) is 17.5. The summed E-state index contributed by atoms with van der Waals surface area (Å²) < 4.78 is 36.7. The first-order chi connectivity index (χ1) is 10.8. The lowest BCUT2D eigenvalue weighted by molar-refractivity contribution is -0.419. The summed E-state index contributed by atoms with van der Waals surface area (Å²) in [4.78, 5) is 0. The van der Waals surface area contributed by atoms with Crippen LogP contribution in [0.15, 0.2) is 12.1 Å². The summed E-state index contributed by atoms with van der Waals surface area (Å²) in [6.07, 6.45) is 3.65. The molecule has 0 aliphatic heterocycles. The molecule has 1 aromatic carbocycles. The summed E-state index contributed by atoms with van der Waals surface area (Å²) >= 11 is 0. The molecule has 1 aromatic rings. The van der Waals surface area contributed by atoms with Crippen molar-refractivity contribution in [1.29, 1.82) is 0 Å². The first-order valence-electron chi connectivity index (χ1n) is 8.25. The smallest absolute Gasteiger partial charge is 0.245 e. The zero-order valence-electron chi connectivity index (χ0n) is 14.8. The number of benzene rings is 1. The van der Waals surface area contributed by atoms with E-state index in [9.17, 15) is 8.78 Å². The van der Waals surface area contributed by atoms with Gasteiger partial charge in [0, 0.05) is 18.4 Å². The van der Waals surface area contributed by atoms with Crippen LogP contribution in [0, 0.1) is 0 Å². The third-order valence-corrected chi connectivity index (χ3v) is 4.08. The molecule has 0 heterocycles. The van der Waals surface area contributed by atoms with Crippen LogP contribution in [0.5, 0.6) is 11.5 Å². The van der Waals surface area contributed by atoms with Crippen molar-refractivity contribution in [1.82, 2.24) is 0 Å². The standard InChI is InChI=1S/C18H29F2NO2/c1-5-15(21)10-14-12-16(22-3)13(11-17(14)23-4)8-6-7-9-18(2,19)20/h11-12,15H,5-10,21H2,1-4H3/p+1. The lowest BCUT2D eigenvalue weighted by Gasteiger charge is -2.16. The van der Waals surface area contributed by atoms with Gasteiger partial charge in [0.2, 0.25) is 5.92 Å². The maximum absolute atomic E-state index is 12.9. The fraction of sp³-hybridized carbons (Fsp3) is 0.667. The predicted octanol–water partition coefficient (Wildman–Crippen LogP) is 3.63. The number of halogens is 2. The van der Waals surface area contributed by atoms with Crippen molar-refractivity contribution >= 4 is 0 Å². The Hall–Kier alpha value is -1.36. The van der Waals surface area contributed by atoms with Crippen molar-refractivity contribution in [2.24, 2.45) is 0 Å². The zero-order valence-corrected chi connectivity index (χ0v) is 14.8. The van der Waals surface area contributed by atoms with E-state index in [0.717, 1.165) is 42.4 Å². The monoisotopic (exact) mass is 330 g/mol. The van der Waals surface area contributed by atoms with Crippen LogP contribution in [0.4, 0.5) is 8.78 Å². The van der Waals surface area contributed by atoms with E-state index in [1.807, 2.05) is 12.1 Å². The molecule has 5 heteroatoms. The summed E-state index contributed by atoms with van der Waals surface area (Å²) in [6, 6.07) is 4.29. The van der Waals surface area contributed by atoms with Crippen molar-refractivity contribution in [3.8, 4) is 11.5 Å². The fourth-order valence-electron chi connectivity index (χ4n) is 2.59. The van der Waals surface area contributed by atoms with Crippen LogP contribution < -0.4 is 15.2 Å². The van der Waals surface area contributed by atoms with Gasteiger partial charge < -0.3 is 15.2 Å². The van der Waals surface area contributed by atoms with Crippen LogP contribution >= 0.6 is 0 Å². The normalized spacial score (nSPS) is 13.0. The van der Waals surface area contributed by atoms with Gasteiger partial charge in [-0.25, -0.2) is 8.78 Å². The summed E-state index contributed by atoms with van der Waals surface area (Å²) in [5.74, 6) is -0.967. The largest absolute Gasteiger partial charge is 0.496 e. The Morgan fingerprint density at radius 3 is 2.17 bits per heavy atom. The van der Waals surface area contributed by atoms with Gasteiger partial charge in [-0.05, 0) is 50.3 Å². The molecule has 0 bridgehead atoms. The molecular weight excluding hydrogens is 300 g/mol. The van der Waals surface area contributed by atoms with Gasteiger partial charge in [0.05, 0.1) is 20.3 Å². The number of rotatable bonds is 10.